The molecule has 4 N–H and O–H groups in total. The fraction of sp³-hybridized carbons (Fsp3) is 1.00. The number of aliphatic hydroxyl groups is 3. The van der Waals surface area contributed by atoms with Gasteiger partial charge >= 0.3 is 0 Å². The Hall–Kier alpha value is -0.160. The second kappa shape index (κ2) is 4.99. The first-order valence-corrected chi connectivity index (χ1v) is 2.44. The molecular formula is C4H11NO3. The highest BCUT2D eigenvalue weighted by molar-refractivity contribution is 4.47. The van der Waals surface area contributed by atoms with E-state index in [0.717, 1.165) is 0 Å². The monoisotopic (exact) mass is 121 g/mol. The molecule has 50 valence electrons. The van der Waals surface area contributed by atoms with E-state index in [1.54, 1.807) is 0 Å². The summed E-state index contributed by atoms with van der Waals surface area (Å²) in [5.41, 5.74) is 0. The number of hydrogen-bond acceptors (Lipinski definition) is 4. The Morgan fingerprint density at radius 2 is 2.00 bits per heavy atom. The van der Waals surface area contributed by atoms with Crippen LogP contribution < -0.4 is 5.32 Å². The van der Waals surface area contributed by atoms with Gasteiger partial charge in [-0.05, 0) is 0 Å². The summed E-state index contributed by atoms with van der Waals surface area (Å²) in [4.78, 5) is 0. The molecule has 0 aliphatic rings. The van der Waals surface area contributed by atoms with Crippen molar-refractivity contribution in [2.24, 2.45) is 0 Å². The standard InChI is InChI=1S/C4H11NO3/c6-2-1-5-4(8)3-7/h4-8H,1-3H2. The van der Waals surface area contributed by atoms with Crippen LogP contribution in [0.4, 0.5) is 0 Å². The molecule has 0 heterocycles. The van der Waals surface area contributed by atoms with E-state index < -0.39 is 6.23 Å². The van der Waals surface area contributed by atoms with Crippen LogP contribution in [0.15, 0.2) is 0 Å². The molecular weight excluding hydrogens is 110 g/mol. The Kier molecular flexibility index (Phi) is 4.89. The van der Waals surface area contributed by atoms with Crippen molar-refractivity contribution >= 4 is 0 Å². The van der Waals surface area contributed by atoms with Crippen LogP contribution in [-0.2, 0) is 0 Å². The molecule has 0 aromatic carbocycles. The van der Waals surface area contributed by atoms with E-state index in [0.29, 0.717) is 6.54 Å². The molecule has 4 heteroatoms. The zero-order valence-corrected chi connectivity index (χ0v) is 4.54. The predicted molar refractivity (Wildman–Crippen MR) is 28.2 cm³/mol. The van der Waals surface area contributed by atoms with Gasteiger partial charge in [-0.15, -0.1) is 0 Å². The lowest BCUT2D eigenvalue weighted by Crippen LogP contribution is -2.33. The van der Waals surface area contributed by atoms with Crippen LogP contribution in [0, 0.1) is 0 Å². The van der Waals surface area contributed by atoms with Crippen molar-refractivity contribution in [2.45, 2.75) is 6.23 Å². The van der Waals surface area contributed by atoms with Crippen molar-refractivity contribution < 1.29 is 15.3 Å². The van der Waals surface area contributed by atoms with Crippen molar-refractivity contribution in [3.05, 3.63) is 0 Å². The summed E-state index contributed by atoms with van der Waals surface area (Å²) >= 11 is 0. The van der Waals surface area contributed by atoms with Crippen molar-refractivity contribution in [2.75, 3.05) is 19.8 Å². The van der Waals surface area contributed by atoms with Gasteiger partial charge in [0.05, 0.1) is 13.2 Å². The van der Waals surface area contributed by atoms with Gasteiger partial charge in [0.1, 0.15) is 6.23 Å². The molecule has 0 aliphatic carbocycles. The average Bonchev–Trinajstić information content (AvgIpc) is 1.83. The number of nitrogens with one attached hydrogen (secondary N) is 1. The minimum Gasteiger partial charge on any atom is -0.395 e. The molecule has 0 aromatic heterocycles. The fourth-order valence-corrected chi connectivity index (χ4v) is 0.296. The molecule has 0 aliphatic heterocycles. The smallest absolute Gasteiger partial charge is 0.128 e. The third kappa shape index (κ3) is 4.01. The van der Waals surface area contributed by atoms with Gasteiger partial charge < -0.3 is 15.3 Å². The summed E-state index contributed by atoms with van der Waals surface area (Å²) in [7, 11) is 0. The highest BCUT2D eigenvalue weighted by Crippen LogP contribution is 1.69. The number of aliphatic hydroxyl groups excluding tert-OH is 3. The second-order valence-corrected chi connectivity index (χ2v) is 1.38. The maximum Gasteiger partial charge on any atom is 0.128 e. The van der Waals surface area contributed by atoms with Gasteiger partial charge in [0, 0.05) is 6.54 Å². The van der Waals surface area contributed by atoms with E-state index >= 15 is 0 Å². The van der Waals surface area contributed by atoms with Crippen molar-refractivity contribution in [1.82, 2.24) is 5.32 Å². The van der Waals surface area contributed by atoms with Gasteiger partial charge in [-0.3, -0.25) is 5.32 Å². The molecule has 0 saturated heterocycles. The molecule has 1 unspecified atom stereocenters. The summed E-state index contributed by atoms with van der Waals surface area (Å²) in [6, 6.07) is 0. The second-order valence-electron chi connectivity index (χ2n) is 1.38. The first-order valence-electron chi connectivity index (χ1n) is 2.44. The zero-order valence-electron chi connectivity index (χ0n) is 4.54. The SMILES string of the molecule is OCCNC(O)CO. The van der Waals surface area contributed by atoms with Gasteiger partial charge in [0.25, 0.3) is 0 Å². The molecule has 0 amide bonds. The molecule has 0 bridgehead atoms. The van der Waals surface area contributed by atoms with Crippen LogP contribution in [-0.4, -0.2) is 41.3 Å². The summed E-state index contributed by atoms with van der Waals surface area (Å²) in [5, 5.41) is 27.3. The lowest BCUT2D eigenvalue weighted by atomic mass is 10.5. The average molecular weight is 121 g/mol. The van der Waals surface area contributed by atoms with Gasteiger partial charge in [0.2, 0.25) is 0 Å². The van der Waals surface area contributed by atoms with E-state index in [-0.39, 0.29) is 13.2 Å². The molecule has 0 fully saturated rings. The highest BCUT2D eigenvalue weighted by atomic mass is 16.3. The summed E-state index contributed by atoms with van der Waals surface area (Å²) in [6.07, 6.45) is -0.901. The first kappa shape index (κ1) is 7.84. The Bertz CT molecular complexity index is 50.5. The molecule has 0 rings (SSSR count). The lowest BCUT2D eigenvalue weighted by molar-refractivity contribution is 0.0639. The highest BCUT2D eigenvalue weighted by Gasteiger charge is 1.95. The summed E-state index contributed by atoms with van der Waals surface area (Å²) in [6.45, 7) is -0.0429. The van der Waals surface area contributed by atoms with E-state index in [1.165, 1.54) is 0 Å². The molecule has 4 nitrogen and oxygen atoms in total. The molecule has 1 atom stereocenters. The molecule has 8 heavy (non-hydrogen) atoms. The fourth-order valence-electron chi connectivity index (χ4n) is 0.296. The Morgan fingerprint density at radius 1 is 1.38 bits per heavy atom. The Labute approximate surface area is 47.8 Å². The minimum atomic E-state index is -0.901. The molecule has 0 aromatic rings. The van der Waals surface area contributed by atoms with Crippen molar-refractivity contribution in [3.8, 4) is 0 Å². The molecule has 0 saturated carbocycles. The molecule has 0 spiro atoms. The minimum absolute atomic E-state index is 0.0307. The van der Waals surface area contributed by atoms with Crippen molar-refractivity contribution in [3.63, 3.8) is 0 Å². The maximum atomic E-state index is 8.52. The third-order valence-corrected chi connectivity index (χ3v) is 0.665. The van der Waals surface area contributed by atoms with Crippen LogP contribution in [0.5, 0.6) is 0 Å². The van der Waals surface area contributed by atoms with Crippen LogP contribution in [0.25, 0.3) is 0 Å². The normalized spacial score (nSPS) is 13.9. The van der Waals surface area contributed by atoms with E-state index in [2.05, 4.69) is 5.32 Å². The van der Waals surface area contributed by atoms with E-state index in [9.17, 15) is 0 Å². The largest absolute Gasteiger partial charge is 0.395 e. The van der Waals surface area contributed by atoms with E-state index in [4.69, 9.17) is 15.3 Å². The van der Waals surface area contributed by atoms with Crippen LogP contribution in [0.2, 0.25) is 0 Å². The Balaban J connectivity index is 2.86. The zero-order chi connectivity index (χ0) is 6.41. The Morgan fingerprint density at radius 3 is 2.38 bits per heavy atom. The van der Waals surface area contributed by atoms with Crippen LogP contribution >= 0.6 is 0 Å². The number of rotatable bonds is 4. The van der Waals surface area contributed by atoms with Crippen molar-refractivity contribution in [1.29, 1.82) is 0 Å². The maximum absolute atomic E-state index is 8.52. The van der Waals surface area contributed by atoms with Gasteiger partial charge in [-0.25, -0.2) is 0 Å². The lowest BCUT2D eigenvalue weighted by Gasteiger charge is -2.06. The van der Waals surface area contributed by atoms with E-state index in [1.807, 2.05) is 0 Å². The first-order chi connectivity index (χ1) is 3.81. The van der Waals surface area contributed by atoms with Crippen LogP contribution in [0.1, 0.15) is 0 Å². The quantitative estimate of drug-likeness (QED) is 0.321. The third-order valence-electron chi connectivity index (χ3n) is 0.665. The summed E-state index contributed by atoms with van der Waals surface area (Å²) in [5.74, 6) is 0. The molecule has 0 radical (unpaired) electrons. The number of hydrogen-bond donors (Lipinski definition) is 4. The predicted octanol–water partition coefficient (Wildman–Crippen LogP) is -2.12. The van der Waals surface area contributed by atoms with Gasteiger partial charge in [-0.1, -0.05) is 0 Å². The summed E-state index contributed by atoms with van der Waals surface area (Å²) < 4.78 is 0. The van der Waals surface area contributed by atoms with Crippen LogP contribution in [0.3, 0.4) is 0 Å². The topological polar surface area (TPSA) is 72.7 Å². The van der Waals surface area contributed by atoms with Gasteiger partial charge in [0.15, 0.2) is 0 Å². The van der Waals surface area contributed by atoms with Gasteiger partial charge in [-0.2, -0.15) is 0 Å².